The molecule has 0 bridgehead atoms. The Morgan fingerprint density at radius 2 is 1.83 bits per heavy atom. The second kappa shape index (κ2) is 8.13. The third-order valence-corrected chi connectivity index (χ3v) is 5.44. The third-order valence-electron chi connectivity index (χ3n) is 5.44. The summed E-state index contributed by atoms with van der Waals surface area (Å²) in [4.78, 5) is 24.6. The monoisotopic (exact) mass is 324 g/mol. The summed E-state index contributed by atoms with van der Waals surface area (Å²) < 4.78 is 5.10. The number of esters is 1. The highest BCUT2D eigenvalue weighted by molar-refractivity contribution is 5.83. The number of nitrogens with one attached hydrogen (secondary N) is 1. The van der Waals surface area contributed by atoms with Crippen LogP contribution in [-0.2, 0) is 14.3 Å². The zero-order valence-electron chi connectivity index (χ0n) is 14.6. The Morgan fingerprint density at radius 1 is 1.22 bits per heavy atom. The van der Waals surface area contributed by atoms with Gasteiger partial charge in [-0.1, -0.05) is 12.8 Å². The number of amides is 1. The van der Waals surface area contributed by atoms with Crippen LogP contribution in [-0.4, -0.2) is 30.6 Å². The molecule has 0 aromatic rings. The van der Waals surface area contributed by atoms with Gasteiger partial charge >= 0.3 is 5.97 Å². The molecule has 0 aromatic heterocycles. The first-order chi connectivity index (χ1) is 11.0. The maximum absolute atomic E-state index is 12.8. The molecule has 23 heavy (non-hydrogen) atoms. The molecule has 0 radical (unpaired) electrons. The third kappa shape index (κ3) is 4.69. The van der Waals surface area contributed by atoms with E-state index in [0.717, 1.165) is 57.8 Å². The van der Waals surface area contributed by atoms with Gasteiger partial charge in [-0.05, 0) is 58.8 Å². The van der Waals surface area contributed by atoms with Crippen LogP contribution in [0.3, 0.4) is 0 Å². The van der Waals surface area contributed by atoms with Crippen LogP contribution in [0.2, 0.25) is 0 Å². The SMILES string of the molecule is CCOC(=O)C1CCC(NC(=O)C2(CC(C)N)CCCC2)CC1. The summed E-state index contributed by atoms with van der Waals surface area (Å²) in [5.74, 6) is 0.112. The van der Waals surface area contributed by atoms with Crippen LogP contribution >= 0.6 is 0 Å². The molecule has 0 heterocycles. The molecule has 1 atom stereocenters. The van der Waals surface area contributed by atoms with E-state index in [1.165, 1.54) is 0 Å². The van der Waals surface area contributed by atoms with E-state index >= 15 is 0 Å². The number of carbonyl (C=O) groups excluding carboxylic acids is 2. The molecule has 1 unspecified atom stereocenters. The smallest absolute Gasteiger partial charge is 0.308 e. The van der Waals surface area contributed by atoms with Crippen LogP contribution in [0.5, 0.6) is 0 Å². The fourth-order valence-electron chi connectivity index (χ4n) is 4.26. The summed E-state index contributed by atoms with van der Waals surface area (Å²) in [6, 6.07) is 0.247. The molecule has 3 N–H and O–H groups in total. The average molecular weight is 324 g/mol. The predicted molar refractivity (Wildman–Crippen MR) is 89.7 cm³/mol. The number of nitrogens with two attached hydrogens (primary N) is 1. The Labute approximate surface area is 139 Å². The molecule has 0 aliphatic heterocycles. The standard InChI is InChI=1S/C18H32N2O3/c1-3-23-16(21)14-6-8-15(9-7-14)20-17(22)18(12-13(2)19)10-4-5-11-18/h13-15H,3-12,19H2,1-2H3,(H,20,22). The summed E-state index contributed by atoms with van der Waals surface area (Å²) in [5, 5.41) is 3.25. The first kappa shape index (κ1) is 18.2. The molecular formula is C18H32N2O3. The van der Waals surface area contributed by atoms with E-state index in [-0.39, 0.29) is 35.3 Å². The molecule has 0 aromatic carbocycles. The Bertz CT molecular complexity index is 408. The van der Waals surface area contributed by atoms with Gasteiger partial charge in [0.05, 0.1) is 17.9 Å². The van der Waals surface area contributed by atoms with Crippen molar-refractivity contribution in [2.45, 2.75) is 83.7 Å². The van der Waals surface area contributed by atoms with Crippen molar-refractivity contribution in [1.82, 2.24) is 5.32 Å². The minimum atomic E-state index is -0.258. The minimum absolute atomic E-state index is 0.00704. The van der Waals surface area contributed by atoms with Crippen LogP contribution in [0, 0.1) is 11.3 Å². The van der Waals surface area contributed by atoms with Crippen molar-refractivity contribution in [3.05, 3.63) is 0 Å². The van der Waals surface area contributed by atoms with Gasteiger partial charge in [0.2, 0.25) is 5.91 Å². The summed E-state index contributed by atoms with van der Waals surface area (Å²) in [7, 11) is 0. The normalized spacial score (nSPS) is 28.1. The predicted octanol–water partition coefficient (Wildman–Crippen LogP) is 2.52. The fraction of sp³-hybridized carbons (Fsp3) is 0.889. The molecular weight excluding hydrogens is 292 g/mol. The number of carbonyl (C=O) groups is 2. The molecule has 0 saturated heterocycles. The van der Waals surface area contributed by atoms with Gasteiger partial charge in [-0.2, -0.15) is 0 Å². The van der Waals surface area contributed by atoms with Crippen LogP contribution in [0.4, 0.5) is 0 Å². The molecule has 1 amide bonds. The molecule has 2 aliphatic rings. The highest BCUT2D eigenvalue weighted by atomic mass is 16.5. The summed E-state index contributed by atoms with van der Waals surface area (Å²) in [6.07, 6.45) is 8.28. The largest absolute Gasteiger partial charge is 0.466 e. The van der Waals surface area contributed by atoms with Crippen molar-refractivity contribution < 1.29 is 14.3 Å². The van der Waals surface area contributed by atoms with Crippen molar-refractivity contribution >= 4 is 11.9 Å². The van der Waals surface area contributed by atoms with E-state index in [1.807, 2.05) is 13.8 Å². The molecule has 2 aliphatic carbocycles. The van der Waals surface area contributed by atoms with Crippen LogP contribution in [0.15, 0.2) is 0 Å². The Morgan fingerprint density at radius 3 is 2.35 bits per heavy atom. The lowest BCUT2D eigenvalue weighted by atomic mass is 9.78. The average Bonchev–Trinajstić information content (AvgIpc) is 2.97. The van der Waals surface area contributed by atoms with Crippen molar-refractivity contribution in [1.29, 1.82) is 0 Å². The minimum Gasteiger partial charge on any atom is -0.466 e. The van der Waals surface area contributed by atoms with Gasteiger partial charge in [0.25, 0.3) is 0 Å². The van der Waals surface area contributed by atoms with Crippen molar-refractivity contribution in [3.8, 4) is 0 Å². The first-order valence-electron chi connectivity index (χ1n) is 9.20. The van der Waals surface area contributed by atoms with Crippen LogP contribution in [0.25, 0.3) is 0 Å². The lowest BCUT2D eigenvalue weighted by Gasteiger charge is -2.34. The Kier molecular flexibility index (Phi) is 6.45. The van der Waals surface area contributed by atoms with Crippen LogP contribution in [0.1, 0.15) is 71.6 Å². The maximum Gasteiger partial charge on any atom is 0.308 e. The van der Waals surface area contributed by atoms with Crippen molar-refractivity contribution in [2.75, 3.05) is 6.61 Å². The van der Waals surface area contributed by atoms with E-state index in [0.29, 0.717) is 6.61 Å². The first-order valence-corrected chi connectivity index (χ1v) is 9.20. The zero-order chi connectivity index (χ0) is 16.9. The summed E-state index contributed by atoms with van der Waals surface area (Å²) >= 11 is 0. The van der Waals surface area contributed by atoms with E-state index in [9.17, 15) is 9.59 Å². The van der Waals surface area contributed by atoms with Gasteiger partial charge in [-0.3, -0.25) is 9.59 Å². The molecule has 2 rings (SSSR count). The molecule has 132 valence electrons. The van der Waals surface area contributed by atoms with E-state index in [2.05, 4.69) is 5.32 Å². The highest BCUT2D eigenvalue weighted by Crippen LogP contribution is 2.42. The highest BCUT2D eigenvalue weighted by Gasteiger charge is 2.42. The maximum atomic E-state index is 12.8. The zero-order valence-corrected chi connectivity index (χ0v) is 14.6. The number of rotatable bonds is 6. The van der Waals surface area contributed by atoms with Gasteiger partial charge in [0, 0.05) is 12.1 Å². The molecule has 5 nitrogen and oxygen atoms in total. The number of hydrogen-bond donors (Lipinski definition) is 2. The van der Waals surface area contributed by atoms with Crippen LogP contribution < -0.4 is 11.1 Å². The van der Waals surface area contributed by atoms with E-state index in [4.69, 9.17) is 10.5 Å². The Hall–Kier alpha value is -1.10. The quantitative estimate of drug-likeness (QED) is 0.736. The second-order valence-corrected chi connectivity index (χ2v) is 7.44. The lowest BCUT2D eigenvalue weighted by molar-refractivity contribution is -0.149. The Balaban J connectivity index is 1.85. The number of hydrogen-bond acceptors (Lipinski definition) is 4. The van der Waals surface area contributed by atoms with E-state index < -0.39 is 0 Å². The van der Waals surface area contributed by atoms with Crippen molar-refractivity contribution in [2.24, 2.45) is 17.1 Å². The van der Waals surface area contributed by atoms with E-state index in [1.54, 1.807) is 0 Å². The fourth-order valence-corrected chi connectivity index (χ4v) is 4.26. The second-order valence-electron chi connectivity index (χ2n) is 7.44. The lowest BCUT2D eigenvalue weighted by Crippen LogP contribution is -2.47. The van der Waals surface area contributed by atoms with Crippen molar-refractivity contribution in [3.63, 3.8) is 0 Å². The molecule has 0 spiro atoms. The number of ether oxygens (including phenoxy) is 1. The summed E-state index contributed by atoms with van der Waals surface area (Å²) in [6.45, 7) is 4.26. The summed E-state index contributed by atoms with van der Waals surface area (Å²) in [5.41, 5.74) is 5.72. The van der Waals surface area contributed by atoms with Gasteiger partial charge in [-0.25, -0.2) is 0 Å². The van der Waals surface area contributed by atoms with Gasteiger partial charge in [0.15, 0.2) is 0 Å². The molecule has 2 fully saturated rings. The van der Waals surface area contributed by atoms with Gasteiger partial charge < -0.3 is 15.8 Å². The topological polar surface area (TPSA) is 81.4 Å². The van der Waals surface area contributed by atoms with Gasteiger partial charge in [0.1, 0.15) is 0 Å². The molecule has 2 saturated carbocycles. The molecule has 5 heteroatoms. The van der Waals surface area contributed by atoms with Gasteiger partial charge in [-0.15, -0.1) is 0 Å².